The molecule has 5 nitrogen and oxygen atoms in total. The minimum atomic E-state index is -0.948. The first-order chi connectivity index (χ1) is 6.04. The van der Waals surface area contributed by atoms with Crippen LogP contribution in [0.2, 0.25) is 0 Å². The Bertz CT molecular complexity index is 182. The number of unbranched alkanes of at least 4 members (excludes halogenated alkanes) is 1. The van der Waals surface area contributed by atoms with Crippen molar-refractivity contribution in [1.29, 1.82) is 0 Å². The number of nitrogens with one attached hydrogen (secondary N) is 1. The first kappa shape index (κ1) is 11.8. The number of carboxylic acids is 1. The summed E-state index contributed by atoms with van der Waals surface area (Å²) in [7, 11) is 0. The summed E-state index contributed by atoms with van der Waals surface area (Å²) < 4.78 is 0. The van der Waals surface area contributed by atoms with Crippen LogP contribution in [0.5, 0.6) is 0 Å². The third-order valence-corrected chi connectivity index (χ3v) is 1.61. The smallest absolute Gasteiger partial charge is 0.320 e. The van der Waals surface area contributed by atoms with Crippen LogP contribution >= 0.6 is 0 Å². The van der Waals surface area contributed by atoms with Gasteiger partial charge in [0.25, 0.3) is 0 Å². The molecule has 0 saturated heterocycles. The molecule has 0 aliphatic carbocycles. The van der Waals surface area contributed by atoms with Crippen molar-refractivity contribution in [1.82, 2.24) is 5.32 Å². The highest BCUT2D eigenvalue weighted by Gasteiger charge is 2.09. The van der Waals surface area contributed by atoms with Gasteiger partial charge in [0.15, 0.2) is 0 Å². The summed E-state index contributed by atoms with van der Waals surface area (Å²) in [4.78, 5) is 10.3. The average Bonchev–Trinajstić information content (AvgIpc) is 2.02. The van der Waals surface area contributed by atoms with Gasteiger partial charge in [-0.1, -0.05) is 6.58 Å². The molecule has 0 bridgehead atoms. The summed E-state index contributed by atoms with van der Waals surface area (Å²) >= 11 is 0. The maximum atomic E-state index is 10.3. The number of rotatable bonds is 7. The van der Waals surface area contributed by atoms with E-state index in [1.807, 2.05) is 0 Å². The summed E-state index contributed by atoms with van der Waals surface area (Å²) in [6.07, 6.45) is 2.11. The number of carbonyl (C=O) groups is 1. The van der Waals surface area contributed by atoms with E-state index in [1.54, 1.807) is 0 Å². The molecular weight excluding hydrogens is 170 g/mol. The topological polar surface area (TPSA) is 101 Å². The van der Waals surface area contributed by atoms with Crippen LogP contribution in [0, 0.1) is 0 Å². The van der Waals surface area contributed by atoms with Gasteiger partial charge in [-0.05, 0) is 19.3 Å². The second-order valence-electron chi connectivity index (χ2n) is 2.89. The van der Waals surface area contributed by atoms with E-state index in [-0.39, 0.29) is 0 Å². The van der Waals surface area contributed by atoms with Crippen LogP contribution in [0.1, 0.15) is 19.3 Å². The molecule has 0 radical (unpaired) electrons. The standard InChI is InChI=1S/C8H17N3O2/c1-6(9)11-5-3-2-4-7(10)8(12)13/h7,11H,1-5,9-10H2,(H,12,13). The minimum absolute atomic E-state index is 0.433. The van der Waals surface area contributed by atoms with Crippen molar-refractivity contribution in [2.24, 2.45) is 11.5 Å². The molecule has 0 amide bonds. The number of carboxylic acid groups (broad SMARTS) is 1. The summed E-state index contributed by atoms with van der Waals surface area (Å²) in [5.41, 5.74) is 10.6. The first-order valence-corrected chi connectivity index (χ1v) is 4.20. The molecule has 0 aliphatic heterocycles. The summed E-state index contributed by atoms with van der Waals surface area (Å²) in [5, 5.41) is 11.3. The van der Waals surface area contributed by atoms with Gasteiger partial charge in [0.1, 0.15) is 6.04 Å². The lowest BCUT2D eigenvalue weighted by atomic mass is 10.1. The largest absolute Gasteiger partial charge is 0.480 e. The molecule has 0 fully saturated rings. The van der Waals surface area contributed by atoms with E-state index < -0.39 is 12.0 Å². The maximum Gasteiger partial charge on any atom is 0.320 e. The van der Waals surface area contributed by atoms with Gasteiger partial charge in [-0.15, -0.1) is 0 Å². The van der Waals surface area contributed by atoms with Crippen LogP contribution < -0.4 is 16.8 Å². The molecule has 0 rings (SSSR count). The molecule has 0 aromatic carbocycles. The molecule has 76 valence electrons. The fraction of sp³-hybridized carbons (Fsp3) is 0.625. The third kappa shape index (κ3) is 7.14. The van der Waals surface area contributed by atoms with E-state index in [2.05, 4.69) is 11.9 Å². The normalized spacial score (nSPS) is 12.1. The van der Waals surface area contributed by atoms with E-state index in [4.69, 9.17) is 16.6 Å². The quantitative estimate of drug-likeness (QED) is 0.406. The van der Waals surface area contributed by atoms with E-state index >= 15 is 0 Å². The Morgan fingerprint density at radius 2 is 2.15 bits per heavy atom. The monoisotopic (exact) mass is 187 g/mol. The highest BCUT2D eigenvalue weighted by atomic mass is 16.4. The molecule has 1 atom stereocenters. The third-order valence-electron chi connectivity index (χ3n) is 1.61. The van der Waals surface area contributed by atoms with Gasteiger partial charge in [0.2, 0.25) is 0 Å². The molecule has 13 heavy (non-hydrogen) atoms. The van der Waals surface area contributed by atoms with Gasteiger partial charge in [-0.2, -0.15) is 0 Å². The van der Waals surface area contributed by atoms with Crippen molar-refractivity contribution < 1.29 is 9.90 Å². The Morgan fingerprint density at radius 1 is 1.54 bits per heavy atom. The van der Waals surface area contributed by atoms with Crippen molar-refractivity contribution in [2.75, 3.05) is 6.54 Å². The summed E-state index contributed by atoms with van der Waals surface area (Å²) in [6.45, 7) is 4.17. The maximum absolute atomic E-state index is 10.3. The van der Waals surface area contributed by atoms with Crippen molar-refractivity contribution in [3.8, 4) is 0 Å². The van der Waals surface area contributed by atoms with Gasteiger partial charge in [-0.3, -0.25) is 4.79 Å². The predicted molar refractivity (Wildman–Crippen MR) is 50.8 cm³/mol. The Kier molecular flexibility index (Phi) is 5.71. The zero-order valence-corrected chi connectivity index (χ0v) is 7.62. The predicted octanol–water partition coefficient (Wildman–Crippen LogP) is -0.412. The van der Waals surface area contributed by atoms with Crippen molar-refractivity contribution >= 4 is 5.97 Å². The second-order valence-corrected chi connectivity index (χ2v) is 2.89. The first-order valence-electron chi connectivity index (χ1n) is 4.20. The lowest BCUT2D eigenvalue weighted by molar-refractivity contribution is -0.138. The van der Waals surface area contributed by atoms with Crippen LogP contribution in [0.3, 0.4) is 0 Å². The Labute approximate surface area is 77.8 Å². The lowest BCUT2D eigenvalue weighted by Crippen LogP contribution is -2.30. The van der Waals surface area contributed by atoms with Gasteiger partial charge in [0.05, 0.1) is 5.82 Å². The van der Waals surface area contributed by atoms with Gasteiger partial charge in [0, 0.05) is 6.54 Å². The number of nitrogens with two attached hydrogens (primary N) is 2. The number of aliphatic carboxylic acids is 1. The van der Waals surface area contributed by atoms with Crippen LogP contribution in [0.25, 0.3) is 0 Å². The SMILES string of the molecule is C=C(N)NCCCCC(N)C(=O)O. The van der Waals surface area contributed by atoms with E-state index in [1.165, 1.54) is 0 Å². The van der Waals surface area contributed by atoms with Crippen LogP contribution in [0.15, 0.2) is 12.4 Å². The van der Waals surface area contributed by atoms with Gasteiger partial charge >= 0.3 is 5.97 Å². The highest BCUT2D eigenvalue weighted by molar-refractivity contribution is 5.72. The highest BCUT2D eigenvalue weighted by Crippen LogP contribution is 1.98. The van der Waals surface area contributed by atoms with Crippen molar-refractivity contribution in [3.05, 3.63) is 12.4 Å². The molecule has 0 saturated carbocycles. The Hall–Kier alpha value is -1.23. The lowest BCUT2D eigenvalue weighted by Gasteiger charge is -2.06. The van der Waals surface area contributed by atoms with Crippen LogP contribution in [-0.4, -0.2) is 23.7 Å². The van der Waals surface area contributed by atoms with Crippen molar-refractivity contribution in [2.45, 2.75) is 25.3 Å². The fourth-order valence-corrected chi connectivity index (χ4v) is 0.862. The molecular formula is C8H17N3O2. The average molecular weight is 187 g/mol. The molecule has 1 unspecified atom stereocenters. The van der Waals surface area contributed by atoms with Crippen LogP contribution in [0.4, 0.5) is 0 Å². The molecule has 6 N–H and O–H groups in total. The fourth-order valence-electron chi connectivity index (χ4n) is 0.862. The molecule has 5 heteroatoms. The van der Waals surface area contributed by atoms with Gasteiger partial charge in [-0.25, -0.2) is 0 Å². The zero-order valence-electron chi connectivity index (χ0n) is 7.62. The summed E-state index contributed by atoms with van der Waals surface area (Å²) in [5.74, 6) is -0.515. The molecule has 0 aliphatic rings. The van der Waals surface area contributed by atoms with E-state index in [0.29, 0.717) is 18.8 Å². The van der Waals surface area contributed by atoms with Crippen molar-refractivity contribution in [3.63, 3.8) is 0 Å². The molecule has 0 aromatic heterocycles. The Morgan fingerprint density at radius 3 is 2.62 bits per heavy atom. The number of hydrogen-bond donors (Lipinski definition) is 4. The van der Waals surface area contributed by atoms with E-state index in [0.717, 1.165) is 12.8 Å². The molecule has 0 heterocycles. The summed E-state index contributed by atoms with van der Waals surface area (Å²) in [6, 6.07) is -0.749. The van der Waals surface area contributed by atoms with Gasteiger partial charge < -0.3 is 21.9 Å². The second kappa shape index (κ2) is 6.30. The van der Waals surface area contributed by atoms with Crippen LogP contribution in [-0.2, 0) is 4.79 Å². The Balaban J connectivity index is 3.26. The molecule has 0 aromatic rings. The zero-order chi connectivity index (χ0) is 10.3. The number of hydrogen-bond acceptors (Lipinski definition) is 4. The molecule has 0 spiro atoms. The van der Waals surface area contributed by atoms with E-state index in [9.17, 15) is 4.79 Å². The minimum Gasteiger partial charge on any atom is -0.480 e.